The van der Waals surface area contributed by atoms with Gasteiger partial charge in [-0.05, 0) is 11.8 Å². The van der Waals surface area contributed by atoms with Crippen LogP contribution in [0.5, 0.6) is 0 Å². The second-order valence-electron chi connectivity index (χ2n) is 4.57. The average Bonchev–Trinajstić information content (AvgIpc) is 2.21. The number of hydrogen-bond donors (Lipinski definition) is 0. The molecule has 0 radical (unpaired) electrons. The van der Waals surface area contributed by atoms with Crippen molar-refractivity contribution >= 4 is 15.9 Å². The Kier molecular flexibility index (Phi) is 9.87. The Labute approximate surface area is 103 Å². The molecular formula is C12H26BrNO. The summed E-state index contributed by atoms with van der Waals surface area (Å²) >= 11 is 3.58. The number of hydrogen-bond acceptors (Lipinski definition) is 2. The molecule has 0 aliphatic heterocycles. The number of alkyl halides is 1. The zero-order chi connectivity index (χ0) is 11.7. The molecule has 0 aromatic carbocycles. The van der Waals surface area contributed by atoms with E-state index in [9.17, 15) is 0 Å². The van der Waals surface area contributed by atoms with Gasteiger partial charge in [0, 0.05) is 32.1 Å². The zero-order valence-corrected chi connectivity index (χ0v) is 12.2. The largest absolute Gasteiger partial charge is 0.383 e. The minimum Gasteiger partial charge on any atom is -0.383 e. The molecule has 1 unspecified atom stereocenters. The van der Waals surface area contributed by atoms with Gasteiger partial charge in [0.25, 0.3) is 0 Å². The first kappa shape index (κ1) is 15.4. The van der Waals surface area contributed by atoms with E-state index in [4.69, 9.17) is 4.74 Å². The van der Waals surface area contributed by atoms with Gasteiger partial charge in [-0.15, -0.1) is 0 Å². The van der Waals surface area contributed by atoms with E-state index in [2.05, 4.69) is 41.6 Å². The number of halogens is 1. The molecule has 0 amide bonds. The normalized spacial score (nSPS) is 13.8. The first-order chi connectivity index (χ1) is 7.13. The summed E-state index contributed by atoms with van der Waals surface area (Å²) in [6, 6.07) is 0. The highest BCUT2D eigenvalue weighted by Gasteiger charge is 2.12. The lowest BCUT2D eigenvalue weighted by Gasteiger charge is -2.27. The summed E-state index contributed by atoms with van der Waals surface area (Å²) in [5.41, 5.74) is 0. The van der Waals surface area contributed by atoms with Crippen molar-refractivity contribution in [1.29, 1.82) is 0 Å². The van der Waals surface area contributed by atoms with Crippen LogP contribution in [-0.4, -0.2) is 43.6 Å². The molecule has 0 bridgehead atoms. The van der Waals surface area contributed by atoms with Crippen LogP contribution >= 0.6 is 15.9 Å². The van der Waals surface area contributed by atoms with E-state index in [1.165, 1.54) is 19.5 Å². The number of nitrogens with zero attached hydrogens (tertiary/aromatic N) is 1. The number of methoxy groups -OCH3 is 1. The molecule has 0 rings (SSSR count). The van der Waals surface area contributed by atoms with E-state index >= 15 is 0 Å². The maximum atomic E-state index is 5.15. The van der Waals surface area contributed by atoms with Crippen molar-refractivity contribution in [2.45, 2.75) is 27.2 Å². The van der Waals surface area contributed by atoms with Gasteiger partial charge in [-0.25, -0.2) is 0 Å². The Morgan fingerprint density at radius 2 is 1.93 bits per heavy atom. The minimum atomic E-state index is 0.731. The van der Waals surface area contributed by atoms with E-state index in [1.54, 1.807) is 7.11 Å². The lowest BCUT2D eigenvalue weighted by molar-refractivity contribution is 0.130. The molecule has 0 aliphatic rings. The zero-order valence-electron chi connectivity index (χ0n) is 10.6. The molecule has 0 aromatic rings. The van der Waals surface area contributed by atoms with Gasteiger partial charge in [-0.2, -0.15) is 0 Å². The highest BCUT2D eigenvalue weighted by Crippen LogP contribution is 2.10. The van der Waals surface area contributed by atoms with Crippen LogP contribution in [0.15, 0.2) is 0 Å². The molecule has 0 fully saturated rings. The second-order valence-corrected chi connectivity index (χ2v) is 5.22. The second kappa shape index (κ2) is 9.61. The van der Waals surface area contributed by atoms with Crippen LogP contribution < -0.4 is 0 Å². The average molecular weight is 280 g/mol. The summed E-state index contributed by atoms with van der Waals surface area (Å²) in [5.74, 6) is 1.50. The van der Waals surface area contributed by atoms with Gasteiger partial charge in [-0.1, -0.05) is 43.1 Å². The minimum absolute atomic E-state index is 0.731. The Morgan fingerprint density at radius 1 is 1.27 bits per heavy atom. The fraction of sp³-hybridized carbons (Fsp3) is 1.00. The summed E-state index contributed by atoms with van der Waals surface area (Å²) in [6.45, 7) is 11.1. The lowest BCUT2D eigenvalue weighted by Crippen LogP contribution is -2.35. The summed E-state index contributed by atoms with van der Waals surface area (Å²) in [5, 5.41) is 1.10. The van der Waals surface area contributed by atoms with Gasteiger partial charge in [-0.3, -0.25) is 0 Å². The SMILES string of the molecule is CCC(CBr)CN(CCOC)CC(C)C. The van der Waals surface area contributed by atoms with Crippen molar-refractivity contribution in [3.05, 3.63) is 0 Å². The van der Waals surface area contributed by atoms with E-state index in [0.29, 0.717) is 0 Å². The molecule has 2 nitrogen and oxygen atoms in total. The Balaban J connectivity index is 3.97. The van der Waals surface area contributed by atoms with E-state index in [1.807, 2.05) is 0 Å². The van der Waals surface area contributed by atoms with Crippen molar-refractivity contribution in [2.75, 3.05) is 38.7 Å². The molecule has 0 N–H and O–H groups in total. The van der Waals surface area contributed by atoms with Crippen molar-refractivity contribution < 1.29 is 4.74 Å². The smallest absolute Gasteiger partial charge is 0.0589 e. The van der Waals surface area contributed by atoms with Crippen LogP contribution in [0.2, 0.25) is 0 Å². The molecule has 0 aromatic heterocycles. The molecule has 15 heavy (non-hydrogen) atoms. The third kappa shape index (κ3) is 8.23. The number of rotatable bonds is 9. The standard InChI is InChI=1S/C12H26BrNO/c1-5-12(8-13)10-14(6-7-15-4)9-11(2)3/h11-12H,5-10H2,1-4H3. The van der Waals surface area contributed by atoms with Crippen molar-refractivity contribution in [2.24, 2.45) is 11.8 Å². The molecule has 0 spiro atoms. The van der Waals surface area contributed by atoms with Crippen LogP contribution in [0.3, 0.4) is 0 Å². The molecule has 0 heterocycles. The molecule has 3 heteroatoms. The molecule has 0 saturated heterocycles. The van der Waals surface area contributed by atoms with Gasteiger partial charge in [0.1, 0.15) is 0 Å². The Hall–Kier alpha value is 0.400. The monoisotopic (exact) mass is 279 g/mol. The summed E-state index contributed by atoms with van der Waals surface area (Å²) in [6.07, 6.45) is 1.24. The van der Waals surface area contributed by atoms with Crippen LogP contribution in [0.25, 0.3) is 0 Å². The third-order valence-corrected chi connectivity index (χ3v) is 3.46. The predicted molar refractivity (Wildman–Crippen MR) is 70.7 cm³/mol. The van der Waals surface area contributed by atoms with Crippen molar-refractivity contribution in [3.63, 3.8) is 0 Å². The Bertz CT molecular complexity index is 138. The van der Waals surface area contributed by atoms with E-state index in [-0.39, 0.29) is 0 Å². The topological polar surface area (TPSA) is 12.5 Å². The van der Waals surface area contributed by atoms with Crippen LogP contribution in [-0.2, 0) is 4.74 Å². The third-order valence-electron chi connectivity index (χ3n) is 2.55. The van der Waals surface area contributed by atoms with Crippen molar-refractivity contribution in [3.8, 4) is 0 Å². The van der Waals surface area contributed by atoms with Gasteiger partial charge >= 0.3 is 0 Å². The first-order valence-corrected chi connectivity index (χ1v) is 7.03. The maximum Gasteiger partial charge on any atom is 0.0589 e. The quantitative estimate of drug-likeness (QED) is 0.602. The summed E-state index contributed by atoms with van der Waals surface area (Å²) in [7, 11) is 1.77. The number of ether oxygens (including phenoxy) is 1. The Morgan fingerprint density at radius 3 is 2.33 bits per heavy atom. The van der Waals surface area contributed by atoms with Crippen LogP contribution in [0.4, 0.5) is 0 Å². The maximum absolute atomic E-state index is 5.15. The van der Waals surface area contributed by atoms with E-state index < -0.39 is 0 Å². The molecular weight excluding hydrogens is 254 g/mol. The predicted octanol–water partition coefficient (Wildman–Crippen LogP) is 3.01. The van der Waals surface area contributed by atoms with Crippen molar-refractivity contribution in [1.82, 2.24) is 4.90 Å². The van der Waals surface area contributed by atoms with Crippen LogP contribution in [0.1, 0.15) is 27.2 Å². The molecule has 92 valence electrons. The highest BCUT2D eigenvalue weighted by molar-refractivity contribution is 9.09. The lowest BCUT2D eigenvalue weighted by atomic mass is 10.1. The van der Waals surface area contributed by atoms with Gasteiger partial charge in [0.2, 0.25) is 0 Å². The van der Waals surface area contributed by atoms with Crippen LogP contribution in [0, 0.1) is 11.8 Å². The first-order valence-electron chi connectivity index (χ1n) is 5.91. The van der Waals surface area contributed by atoms with Gasteiger partial charge < -0.3 is 9.64 Å². The molecule has 1 atom stereocenters. The summed E-state index contributed by atoms with van der Waals surface area (Å²) in [4.78, 5) is 2.52. The fourth-order valence-electron chi connectivity index (χ4n) is 1.65. The molecule has 0 aliphatic carbocycles. The van der Waals surface area contributed by atoms with E-state index in [0.717, 1.165) is 30.3 Å². The van der Waals surface area contributed by atoms with Gasteiger partial charge in [0.15, 0.2) is 0 Å². The summed E-state index contributed by atoms with van der Waals surface area (Å²) < 4.78 is 5.15. The fourth-order valence-corrected chi connectivity index (χ4v) is 2.31. The molecule has 0 saturated carbocycles. The highest BCUT2D eigenvalue weighted by atomic mass is 79.9. The van der Waals surface area contributed by atoms with Gasteiger partial charge in [0.05, 0.1) is 6.61 Å².